The molecule has 5 nitrogen and oxygen atoms in total. The third-order valence-electron chi connectivity index (χ3n) is 5.35. The van der Waals surface area contributed by atoms with Gasteiger partial charge >= 0.3 is 0 Å². The van der Waals surface area contributed by atoms with Crippen molar-refractivity contribution in [3.8, 4) is 0 Å². The van der Waals surface area contributed by atoms with E-state index < -0.39 is 0 Å². The lowest BCUT2D eigenvalue weighted by molar-refractivity contribution is 0.0766. The van der Waals surface area contributed by atoms with Crippen molar-refractivity contribution in [3.05, 3.63) is 50.7 Å². The van der Waals surface area contributed by atoms with Crippen LogP contribution in [0.4, 0.5) is 5.69 Å². The molecule has 0 atom stereocenters. The Balaban J connectivity index is 1.44. The lowest BCUT2D eigenvalue weighted by atomic mass is 9.94. The van der Waals surface area contributed by atoms with Gasteiger partial charge in [-0.25, -0.2) is 0 Å². The highest BCUT2D eigenvalue weighted by atomic mass is 35.5. The number of carbonyl (C=O) groups excluding carboxylic acids is 2. The molecule has 2 N–H and O–H groups in total. The third-order valence-corrected chi connectivity index (χ3v) is 6.58. The maximum atomic E-state index is 12.8. The molecule has 0 aliphatic carbocycles. The normalized spacial score (nSPS) is 17.2. The van der Waals surface area contributed by atoms with E-state index in [-0.39, 0.29) is 11.8 Å². The molecular formula is C20H22ClN3O2S. The summed E-state index contributed by atoms with van der Waals surface area (Å²) in [6.45, 7) is 3.47. The molecule has 0 radical (unpaired) electrons. The fraction of sp³-hybridized carbons (Fsp3) is 0.400. The fourth-order valence-electron chi connectivity index (χ4n) is 3.82. The summed E-state index contributed by atoms with van der Waals surface area (Å²) in [5.74, 6) is 0.556. The molecule has 2 amide bonds. The van der Waals surface area contributed by atoms with Crippen LogP contribution in [0.15, 0.2) is 30.3 Å². The fourth-order valence-corrected chi connectivity index (χ4v) is 4.76. The lowest BCUT2D eigenvalue weighted by Gasteiger charge is -2.25. The minimum atomic E-state index is -0.194. The number of nitrogens with one attached hydrogen (secondary N) is 2. The number of hydrogen-bond donors (Lipinski definition) is 2. The van der Waals surface area contributed by atoms with Gasteiger partial charge < -0.3 is 15.5 Å². The van der Waals surface area contributed by atoms with Gasteiger partial charge in [0.05, 0.1) is 9.21 Å². The number of fused-ring (bicyclic) bond motifs is 1. The van der Waals surface area contributed by atoms with Crippen LogP contribution in [0.25, 0.3) is 0 Å². The Labute approximate surface area is 167 Å². The Morgan fingerprint density at radius 2 is 2.07 bits per heavy atom. The third kappa shape index (κ3) is 4.03. The van der Waals surface area contributed by atoms with Crippen LogP contribution in [0.2, 0.25) is 4.34 Å². The molecule has 142 valence electrons. The number of carbonyl (C=O) groups is 2. The van der Waals surface area contributed by atoms with Crippen molar-refractivity contribution < 1.29 is 9.59 Å². The van der Waals surface area contributed by atoms with Gasteiger partial charge in [-0.05, 0) is 62.5 Å². The van der Waals surface area contributed by atoms with Crippen LogP contribution < -0.4 is 10.6 Å². The van der Waals surface area contributed by atoms with E-state index in [1.165, 1.54) is 24.2 Å². The summed E-state index contributed by atoms with van der Waals surface area (Å²) in [5, 5.41) is 6.32. The standard InChI is InChI=1S/C20H22ClN3O2S/c21-18-5-4-17(27-18)19(25)23-16-3-1-2-14-15(16)12-24(20(14)26)11-8-13-6-9-22-10-7-13/h1-5,13,22H,6-12H2,(H,23,25). The molecule has 1 fully saturated rings. The van der Waals surface area contributed by atoms with Gasteiger partial charge in [-0.3, -0.25) is 9.59 Å². The highest BCUT2D eigenvalue weighted by Crippen LogP contribution is 2.31. The summed E-state index contributed by atoms with van der Waals surface area (Å²) in [6, 6.07) is 8.95. The van der Waals surface area contributed by atoms with Gasteiger partial charge in [-0.2, -0.15) is 0 Å². The average molecular weight is 404 g/mol. The number of anilines is 1. The second-order valence-electron chi connectivity index (χ2n) is 7.10. The topological polar surface area (TPSA) is 61.4 Å². The molecule has 2 aromatic rings. The molecule has 0 unspecified atom stereocenters. The maximum absolute atomic E-state index is 12.8. The van der Waals surface area contributed by atoms with E-state index in [0.717, 1.165) is 31.6 Å². The smallest absolute Gasteiger partial charge is 0.265 e. The van der Waals surface area contributed by atoms with Gasteiger partial charge in [-0.1, -0.05) is 17.7 Å². The van der Waals surface area contributed by atoms with Crippen molar-refractivity contribution in [1.29, 1.82) is 0 Å². The number of piperidine rings is 1. The van der Waals surface area contributed by atoms with Crippen LogP contribution in [0, 0.1) is 5.92 Å². The first-order chi connectivity index (χ1) is 13.1. The summed E-state index contributed by atoms with van der Waals surface area (Å²) < 4.78 is 0.581. The SMILES string of the molecule is O=C(Nc1cccc2c1CN(CCC1CCNCC1)C2=O)c1ccc(Cl)s1. The zero-order valence-electron chi connectivity index (χ0n) is 15.0. The number of halogens is 1. The van der Waals surface area contributed by atoms with Crippen molar-refractivity contribution in [3.63, 3.8) is 0 Å². The second-order valence-corrected chi connectivity index (χ2v) is 8.81. The number of rotatable bonds is 5. The first-order valence-electron chi connectivity index (χ1n) is 9.30. The van der Waals surface area contributed by atoms with Crippen LogP contribution in [-0.2, 0) is 6.54 Å². The predicted octanol–water partition coefficient (Wildman–Crippen LogP) is 4.00. The average Bonchev–Trinajstić information content (AvgIpc) is 3.26. The van der Waals surface area contributed by atoms with Crippen molar-refractivity contribution in [2.24, 2.45) is 5.92 Å². The molecule has 2 aliphatic heterocycles. The molecule has 0 bridgehead atoms. The zero-order valence-corrected chi connectivity index (χ0v) is 16.5. The maximum Gasteiger partial charge on any atom is 0.265 e. The van der Waals surface area contributed by atoms with E-state index in [4.69, 9.17) is 11.6 Å². The summed E-state index contributed by atoms with van der Waals surface area (Å²) >= 11 is 7.17. The largest absolute Gasteiger partial charge is 0.334 e. The molecule has 1 aromatic heterocycles. The zero-order chi connectivity index (χ0) is 18.8. The van der Waals surface area contributed by atoms with Crippen molar-refractivity contribution in [1.82, 2.24) is 10.2 Å². The van der Waals surface area contributed by atoms with Gasteiger partial charge in [0.1, 0.15) is 0 Å². The number of amides is 2. The molecule has 0 saturated carbocycles. The number of thiophene rings is 1. The van der Waals surface area contributed by atoms with E-state index in [0.29, 0.717) is 32.9 Å². The minimum Gasteiger partial charge on any atom is -0.334 e. The van der Waals surface area contributed by atoms with E-state index in [1.807, 2.05) is 23.1 Å². The van der Waals surface area contributed by atoms with Gasteiger partial charge in [0.15, 0.2) is 0 Å². The van der Waals surface area contributed by atoms with Gasteiger partial charge in [-0.15, -0.1) is 11.3 Å². The number of hydrogen-bond acceptors (Lipinski definition) is 4. The van der Waals surface area contributed by atoms with E-state index >= 15 is 0 Å². The molecule has 27 heavy (non-hydrogen) atoms. The number of nitrogens with zero attached hydrogens (tertiary/aromatic N) is 1. The van der Waals surface area contributed by atoms with Crippen molar-refractivity contribution in [2.45, 2.75) is 25.8 Å². The molecule has 1 aromatic carbocycles. The Kier molecular flexibility index (Phi) is 5.48. The molecular weight excluding hydrogens is 382 g/mol. The molecule has 4 rings (SSSR count). The van der Waals surface area contributed by atoms with Crippen LogP contribution >= 0.6 is 22.9 Å². The van der Waals surface area contributed by atoms with Crippen LogP contribution in [0.3, 0.4) is 0 Å². The summed E-state index contributed by atoms with van der Waals surface area (Å²) in [7, 11) is 0. The Bertz CT molecular complexity index is 861. The minimum absolute atomic E-state index is 0.0641. The number of benzene rings is 1. The van der Waals surface area contributed by atoms with Crippen LogP contribution in [-0.4, -0.2) is 36.3 Å². The van der Waals surface area contributed by atoms with Crippen LogP contribution in [0.5, 0.6) is 0 Å². The second kappa shape index (κ2) is 8.00. The highest BCUT2D eigenvalue weighted by Gasteiger charge is 2.30. The van der Waals surface area contributed by atoms with Crippen LogP contribution in [0.1, 0.15) is 44.9 Å². The summed E-state index contributed by atoms with van der Waals surface area (Å²) in [4.78, 5) is 27.7. The van der Waals surface area contributed by atoms with Gasteiger partial charge in [0, 0.05) is 29.9 Å². The Morgan fingerprint density at radius 1 is 1.26 bits per heavy atom. The van der Waals surface area contributed by atoms with Gasteiger partial charge in [0.2, 0.25) is 0 Å². The molecule has 0 spiro atoms. The summed E-state index contributed by atoms with van der Waals surface area (Å²) in [5.41, 5.74) is 2.31. The molecule has 2 aliphatic rings. The predicted molar refractivity (Wildman–Crippen MR) is 109 cm³/mol. The lowest BCUT2D eigenvalue weighted by Crippen LogP contribution is -2.31. The Morgan fingerprint density at radius 3 is 2.81 bits per heavy atom. The molecule has 1 saturated heterocycles. The quantitative estimate of drug-likeness (QED) is 0.793. The first-order valence-corrected chi connectivity index (χ1v) is 10.5. The highest BCUT2D eigenvalue weighted by molar-refractivity contribution is 7.18. The Hall–Kier alpha value is -1.89. The first kappa shape index (κ1) is 18.5. The molecule has 7 heteroatoms. The van der Waals surface area contributed by atoms with E-state index in [9.17, 15) is 9.59 Å². The van der Waals surface area contributed by atoms with E-state index in [1.54, 1.807) is 12.1 Å². The molecule has 3 heterocycles. The van der Waals surface area contributed by atoms with Crippen molar-refractivity contribution in [2.75, 3.05) is 25.0 Å². The van der Waals surface area contributed by atoms with Crippen molar-refractivity contribution >= 4 is 40.4 Å². The monoisotopic (exact) mass is 403 g/mol. The van der Waals surface area contributed by atoms with Gasteiger partial charge in [0.25, 0.3) is 11.8 Å². The summed E-state index contributed by atoms with van der Waals surface area (Å²) in [6.07, 6.45) is 3.40. The van der Waals surface area contributed by atoms with E-state index in [2.05, 4.69) is 10.6 Å².